The van der Waals surface area contributed by atoms with Gasteiger partial charge in [-0.25, -0.2) is 0 Å². The van der Waals surface area contributed by atoms with Crippen molar-refractivity contribution in [3.05, 3.63) is 29.3 Å². The van der Waals surface area contributed by atoms with E-state index in [-0.39, 0.29) is 23.8 Å². The molecule has 0 radical (unpaired) electrons. The van der Waals surface area contributed by atoms with Gasteiger partial charge in [0.2, 0.25) is 0 Å². The van der Waals surface area contributed by atoms with Crippen molar-refractivity contribution in [2.75, 3.05) is 0 Å². The van der Waals surface area contributed by atoms with E-state index in [1.165, 1.54) is 6.07 Å². The van der Waals surface area contributed by atoms with Gasteiger partial charge in [-0.1, -0.05) is 13.0 Å². The van der Waals surface area contributed by atoms with Crippen molar-refractivity contribution in [2.45, 2.75) is 45.3 Å². The zero-order valence-electron chi connectivity index (χ0n) is 11.4. The molecule has 0 aliphatic heterocycles. The fourth-order valence-electron chi connectivity index (χ4n) is 2.51. The number of aliphatic hydroxyl groups excluding tert-OH is 1. The van der Waals surface area contributed by atoms with Gasteiger partial charge in [0.1, 0.15) is 5.75 Å². The van der Waals surface area contributed by atoms with Crippen LogP contribution in [-0.4, -0.2) is 28.3 Å². The summed E-state index contributed by atoms with van der Waals surface area (Å²) in [6, 6.07) is 5.04. The fraction of sp³-hybridized carbons (Fsp3) is 0.533. The van der Waals surface area contributed by atoms with Crippen molar-refractivity contribution in [2.24, 2.45) is 5.92 Å². The van der Waals surface area contributed by atoms with Gasteiger partial charge < -0.3 is 15.5 Å². The van der Waals surface area contributed by atoms with Crippen LogP contribution in [0.2, 0.25) is 0 Å². The molecule has 1 aliphatic carbocycles. The third kappa shape index (κ3) is 3.07. The normalized spacial score (nSPS) is 23.5. The van der Waals surface area contributed by atoms with Gasteiger partial charge >= 0.3 is 0 Å². The number of amides is 1. The average molecular weight is 263 g/mol. The minimum atomic E-state index is -0.209. The highest BCUT2D eigenvalue weighted by Crippen LogP contribution is 2.31. The number of phenolic OH excluding ortho intramolecular Hbond substituents is 1. The smallest absolute Gasteiger partial charge is 0.251 e. The molecule has 1 aromatic carbocycles. The Balaban J connectivity index is 2.00. The first-order chi connectivity index (χ1) is 9.01. The van der Waals surface area contributed by atoms with Crippen LogP contribution in [-0.2, 0) is 0 Å². The molecular formula is C15H21NO3. The monoisotopic (exact) mass is 263 g/mol. The molecule has 4 nitrogen and oxygen atoms in total. The lowest BCUT2D eigenvalue weighted by atomic mass is 9.76. The van der Waals surface area contributed by atoms with Crippen molar-refractivity contribution in [3.8, 4) is 5.75 Å². The van der Waals surface area contributed by atoms with E-state index in [4.69, 9.17) is 0 Å². The number of aromatic hydroxyl groups is 1. The largest absolute Gasteiger partial charge is 0.508 e. The molecule has 1 amide bonds. The van der Waals surface area contributed by atoms with Crippen molar-refractivity contribution >= 4 is 5.91 Å². The molecule has 0 aromatic heterocycles. The number of carbonyl (C=O) groups excluding carboxylic acids is 1. The number of aryl methyl sites for hydroxylation is 1. The average Bonchev–Trinajstić information content (AvgIpc) is 2.35. The lowest BCUT2D eigenvalue weighted by Gasteiger charge is -2.37. The second-order valence-electron chi connectivity index (χ2n) is 5.37. The van der Waals surface area contributed by atoms with Crippen LogP contribution in [0.25, 0.3) is 0 Å². The summed E-state index contributed by atoms with van der Waals surface area (Å²) in [5.74, 6) is 0.339. The quantitative estimate of drug-likeness (QED) is 0.778. The summed E-state index contributed by atoms with van der Waals surface area (Å²) in [5.41, 5.74) is 1.23. The van der Waals surface area contributed by atoms with Crippen molar-refractivity contribution in [1.82, 2.24) is 5.32 Å². The molecule has 19 heavy (non-hydrogen) atoms. The Labute approximate surface area is 113 Å². The Morgan fingerprint density at radius 3 is 2.68 bits per heavy atom. The maximum Gasteiger partial charge on any atom is 0.251 e. The molecule has 1 unspecified atom stereocenters. The summed E-state index contributed by atoms with van der Waals surface area (Å²) in [7, 11) is 0. The number of rotatable bonds is 4. The van der Waals surface area contributed by atoms with Crippen LogP contribution in [0.3, 0.4) is 0 Å². The third-order valence-electron chi connectivity index (χ3n) is 3.95. The molecule has 1 atom stereocenters. The zero-order valence-corrected chi connectivity index (χ0v) is 11.4. The number of aliphatic hydroxyl groups is 1. The van der Waals surface area contributed by atoms with Gasteiger partial charge in [-0.3, -0.25) is 4.79 Å². The molecular weight excluding hydrogens is 242 g/mol. The Hall–Kier alpha value is -1.55. The van der Waals surface area contributed by atoms with Gasteiger partial charge in [-0.15, -0.1) is 0 Å². The third-order valence-corrected chi connectivity index (χ3v) is 3.95. The summed E-state index contributed by atoms with van der Waals surface area (Å²) in [4.78, 5) is 12.1. The van der Waals surface area contributed by atoms with Gasteiger partial charge in [0.15, 0.2) is 0 Å². The molecule has 0 saturated heterocycles. The molecule has 4 heteroatoms. The van der Waals surface area contributed by atoms with Gasteiger partial charge in [0.05, 0.1) is 6.10 Å². The predicted octanol–water partition coefficient (Wildman–Crippen LogP) is 1.98. The van der Waals surface area contributed by atoms with E-state index in [0.717, 1.165) is 24.8 Å². The second-order valence-corrected chi connectivity index (χ2v) is 5.37. The molecule has 1 aromatic rings. The van der Waals surface area contributed by atoms with Crippen molar-refractivity contribution < 1.29 is 15.0 Å². The standard InChI is InChI=1S/C15H21NO3/c1-3-13(11-6-12(17)7-11)16-15(19)10-5-4-9(2)14(18)8-10/h4-5,8,11-13,17-18H,3,6-7H2,1-2H3,(H,16,19). The van der Waals surface area contributed by atoms with Gasteiger partial charge in [-0.2, -0.15) is 0 Å². The van der Waals surface area contributed by atoms with E-state index < -0.39 is 0 Å². The maximum absolute atomic E-state index is 12.1. The number of hydrogen-bond donors (Lipinski definition) is 3. The van der Waals surface area contributed by atoms with Crippen LogP contribution in [0.1, 0.15) is 42.1 Å². The highest BCUT2D eigenvalue weighted by molar-refractivity contribution is 5.94. The molecule has 1 saturated carbocycles. The molecule has 0 spiro atoms. The summed E-state index contributed by atoms with van der Waals surface area (Å²) >= 11 is 0. The van der Waals surface area contributed by atoms with Crippen molar-refractivity contribution in [1.29, 1.82) is 0 Å². The molecule has 104 valence electrons. The van der Waals surface area contributed by atoms with Crippen molar-refractivity contribution in [3.63, 3.8) is 0 Å². The number of carbonyl (C=O) groups is 1. The molecule has 3 N–H and O–H groups in total. The van der Waals surface area contributed by atoms with Gasteiger partial charge in [0, 0.05) is 11.6 Å². The fourth-order valence-corrected chi connectivity index (χ4v) is 2.51. The Bertz CT molecular complexity index is 466. The van der Waals surface area contributed by atoms with Crippen LogP contribution in [0.15, 0.2) is 18.2 Å². The van der Waals surface area contributed by atoms with Crippen LogP contribution in [0, 0.1) is 12.8 Å². The number of hydrogen-bond acceptors (Lipinski definition) is 3. The minimum Gasteiger partial charge on any atom is -0.508 e. The predicted molar refractivity (Wildman–Crippen MR) is 73.1 cm³/mol. The Morgan fingerprint density at radius 1 is 1.47 bits per heavy atom. The summed E-state index contributed by atoms with van der Waals surface area (Å²) in [6.07, 6.45) is 2.16. The van der Waals surface area contributed by atoms with E-state index in [1.54, 1.807) is 19.1 Å². The molecule has 1 aliphatic rings. The topological polar surface area (TPSA) is 69.6 Å². The maximum atomic E-state index is 12.1. The summed E-state index contributed by atoms with van der Waals surface area (Å²) < 4.78 is 0. The highest BCUT2D eigenvalue weighted by atomic mass is 16.3. The number of nitrogens with one attached hydrogen (secondary N) is 1. The highest BCUT2D eigenvalue weighted by Gasteiger charge is 2.33. The summed E-state index contributed by atoms with van der Waals surface area (Å²) in [6.45, 7) is 3.82. The van der Waals surface area contributed by atoms with Crippen LogP contribution >= 0.6 is 0 Å². The molecule has 1 fully saturated rings. The van der Waals surface area contributed by atoms with Crippen LogP contribution < -0.4 is 5.32 Å². The first-order valence-electron chi connectivity index (χ1n) is 6.79. The Kier molecular flexibility index (Phi) is 4.10. The van der Waals surface area contributed by atoms with E-state index >= 15 is 0 Å². The van der Waals surface area contributed by atoms with Crippen LogP contribution in [0.4, 0.5) is 0 Å². The van der Waals surface area contributed by atoms with E-state index in [9.17, 15) is 15.0 Å². The van der Waals surface area contributed by atoms with E-state index in [1.807, 2.05) is 6.92 Å². The second kappa shape index (κ2) is 5.61. The first kappa shape index (κ1) is 13.9. The van der Waals surface area contributed by atoms with Gasteiger partial charge in [-0.05, 0) is 49.8 Å². The lowest BCUT2D eigenvalue weighted by Crippen LogP contribution is -2.46. The molecule has 2 rings (SSSR count). The molecule has 0 heterocycles. The van der Waals surface area contributed by atoms with E-state index in [2.05, 4.69) is 5.32 Å². The molecule has 0 bridgehead atoms. The number of phenols is 1. The zero-order chi connectivity index (χ0) is 14.0. The SMILES string of the molecule is CCC(NC(=O)c1ccc(C)c(O)c1)C1CC(O)C1. The minimum absolute atomic E-state index is 0.0966. The van der Waals surface area contributed by atoms with Crippen LogP contribution in [0.5, 0.6) is 5.75 Å². The van der Waals surface area contributed by atoms with E-state index in [0.29, 0.717) is 11.5 Å². The lowest BCUT2D eigenvalue weighted by molar-refractivity contribution is 0.0232. The first-order valence-corrected chi connectivity index (χ1v) is 6.79. The number of benzene rings is 1. The van der Waals surface area contributed by atoms with Gasteiger partial charge in [0.25, 0.3) is 5.91 Å². The summed E-state index contributed by atoms with van der Waals surface area (Å²) in [5, 5.41) is 22.0. The Morgan fingerprint density at radius 2 is 2.16 bits per heavy atom.